The summed E-state index contributed by atoms with van der Waals surface area (Å²) in [6.45, 7) is 1.98. The van der Waals surface area contributed by atoms with Crippen LogP contribution in [0.4, 0.5) is 0 Å². The number of halogens is 1. The van der Waals surface area contributed by atoms with Gasteiger partial charge >= 0.3 is 0 Å². The number of carbonyl (C=O) groups excluding carboxylic acids is 1. The van der Waals surface area contributed by atoms with E-state index in [1.165, 1.54) is 0 Å². The van der Waals surface area contributed by atoms with E-state index in [1.807, 2.05) is 37.3 Å². The molecule has 0 aliphatic heterocycles. The van der Waals surface area contributed by atoms with Gasteiger partial charge in [-0.2, -0.15) is 0 Å². The third kappa shape index (κ3) is 5.68. The zero-order valence-electron chi connectivity index (χ0n) is 16.9. The van der Waals surface area contributed by atoms with Crippen LogP contribution in [0, 0.1) is 6.92 Å². The summed E-state index contributed by atoms with van der Waals surface area (Å²) in [6.07, 6.45) is 6.42. The standard InChI is InChI=1S/C23H26ClN3O3/c1-15-6-2-3-7-18(15)17(12-16-10-11-22(24)25-14-16)13-20(27-30)23(29)26-19-8-4-5-9-21(19)28/h2-3,6-7,10-11,13-14,19,21,28,30H,4-5,8-9,12H2,1H3,(H,26,29)/b17-13-,27-20-/t19-,21-/m0/s1. The van der Waals surface area contributed by atoms with Gasteiger partial charge in [-0.05, 0) is 60.6 Å². The first-order valence-corrected chi connectivity index (χ1v) is 10.4. The lowest BCUT2D eigenvalue weighted by molar-refractivity contribution is -0.116. The van der Waals surface area contributed by atoms with Gasteiger partial charge in [0.2, 0.25) is 0 Å². The van der Waals surface area contributed by atoms with Crippen molar-refractivity contribution in [3.05, 3.63) is 70.5 Å². The largest absolute Gasteiger partial charge is 0.410 e. The summed E-state index contributed by atoms with van der Waals surface area (Å²) in [5.74, 6) is -0.510. The van der Waals surface area contributed by atoms with E-state index in [1.54, 1.807) is 18.3 Å². The number of benzene rings is 1. The van der Waals surface area contributed by atoms with Crippen molar-refractivity contribution >= 4 is 28.8 Å². The average Bonchev–Trinajstić information content (AvgIpc) is 2.74. The van der Waals surface area contributed by atoms with Crippen molar-refractivity contribution in [3.63, 3.8) is 0 Å². The van der Waals surface area contributed by atoms with Crippen LogP contribution in [0.25, 0.3) is 5.57 Å². The molecule has 158 valence electrons. The smallest absolute Gasteiger partial charge is 0.273 e. The van der Waals surface area contributed by atoms with Crippen LogP contribution in [0.15, 0.2) is 53.8 Å². The van der Waals surface area contributed by atoms with Gasteiger partial charge < -0.3 is 15.6 Å². The van der Waals surface area contributed by atoms with Gasteiger partial charge in [-0.25, -0.2) is 4.98 Å². The lowest BCUT2D eigenvalue weighted by atomic mass is 9.92. The summed E-state index contributed by atoms with van der Waals surface area (Å²) in [4.78, 5) is 16.9. The summed E-state index contributed by atoms with van der Waals surface area (Å²) in [5.41, 5.74) is 3.59. The molecule has 3 N–H and O–H groups in total. The maximum absolute atomic E-state index is 12.7. The fraction of sp³-hybridized carbons (Fsp3) is 0.348. The number of allylic oxidation sites excluding steroid dienone is 1. The highest BCUT2D eigenvalue weighted by atomic mass is 35.5. The van der Waals surface area contributed by atoms with E-state index in [0.717, 1.165) is 35.1 Å². The molecule has 1 fully saturated rings. The molecule has 2 aromatic rings. The Morgan fingerprint density at radius 3 is 2.70 bits per heavy atom. The van der Waals surface area contributed by atoms with Crippen molar-refractivity contribution in [2.24, 2.45) is 5.16 Å². The second-order valence-electron chi connectivity index (χ2n) is 7.57. The summed E-state index contributed by atoms with van der Waals surface area (Å²) in [7, 11) is 0. The first kappa shape index (κ1) is 22.0. The fourth-order valence-corrected chi connectivity index (χ4v) is 3.83. The second kappa shape index (κ2) is 10.4. The van der Waals surface area contributed by atoms with E-state index in [4.69, 9.17) is 11.6 Å². The number of rotatable bonds is 6. The van der Waals surface area contributed by atoms with Gasteiger partial charge in [-0.15, -0.1) is 0 Å². The monoisotopic (exact) mass is 427 g/mol. The number of aromatic nitrogens is 1. The number of hydrogen-bond donors (Lipinski definition) is 3. The Labute approximate surface area is 181 Å². The average molecular weight is 428 g/mol. The van der Waals surface area contributed by atoms with Crippen LogP contribution < -0.4 is 5.32 Å². The molecular formula is C23H26ClN3O3. The highest BCUT2D eigenvalue weighted by molar-refractivity contribution is 6.44. The molecule has 30 heavy (non-hydrogen) atoms. The van der Waals surface area contributed by atoms with Gasteiger partial charge in [0.15, 0.2) is 5.71 Å². The highest BCUT2D eigenvalue weighted by Gasteiger charge is 2.26. The molecule has 1 aliphatic carbocycles. The molecule has 1 amide bonds. The number of nitrogens with one attached hydrogen (secondary N) is 1. The lowest BCUT2D eigenvalue weighted by Crippen LogP contribution is -2.47. The minimum Gasteiger partial charge on any atom is -0.410 e. The van der Waals surface area contributed by atoms with Crippen molar-refractivity contribution in [2.45, 2.75) is 51.2 Å². The zero-order chi connectivity index (χ0) is 21.5. The number of oxime groups is 1. The van der Waals surface area contributed by atoms with Crippen molar-refractivity contribution in [1.82, 2.24) is 10.3 Å². The van der Waals surface area contributed by atoms with Gasteiger partial charge in [-0.3, -0.25) is 4.79 Å². The zero-order valence-corrected chi connectivity index (χ0v) is 17.6. The van der Waals surface area contributed by atoms with Crippen molar-refractivity contribution in [3.8, 4) is 0 Å². The summed E-state index contributed by atoms with van der Waals surface area (Å²) in [6, 6.07) is 11.1. The Morgan fingerprint density at radius 2 is 2.03 bits per heavy atom. The minimum atomic E-state index is -0.581. The number of pyridine rings is 1. The number of aryl methyl sites for hydroxylation is 1. The Kier molecular flexibility index (Phi) is 7.60. The molecule has 6 nitrogen and oxygen atoms in total. The number of carbonyl (C=O) groups is 1. The van der Waals surface area contributed by atoms with Gasteiger partial charge in [0, 0.05) is 6.20 Å². The molecule has 0 spiro atoms. The quantitative estimate of drug-likeness (QED) is 0.282. The molecule has 0 bridgehead atoms. The van der Waals surface area contributed by atoms with Gasteiger partial charge in [-0.1, -0.05) is 59.9 Å². The Hall–Kier alpha value is -2.70. The number of hydrogen-bond acceptors (Lipinski definition) is 5. The first-order valence-electron chi connectivity index (χ1n) is 10.1. The van der Waals surface area contributed by atoms with E-state index >= 15 is 0 Å². The summed E-state index contributed by atoms with van der Waals surface area (Å²) >= 11 is 5.89. The van der Waals surface area contributed by atoms with E-state index in [9.17, 15) is 15.1 Å². The van der Waals surface area contributed by atoms with Crippen molar-refractivity contribution in [1.29, 1.82) is 0 Å². The summed E-state index contributed by atoms with van der Waals surface area (Å²) < 4.78 is 0. The van der Waals surface area contributed by atoms with Gasteiger partial charge in [0.1, 0.15) is 5.15 Å². The predicted molar refractivity (Wildman–Crippen MR) is 118 cm³/mol. The van der Waals surface area contributed by atoms with E-state index in [2.05, 4.69) is 15.5 Å². The molecule has 1 saturated carbocycles. The van der Waals surface area contributed by atoms with Crippen molar-refractivity contribution < 1.29 is 15.1 Å². The van der Waals surface area contributed by atoms with Gasteiger partial charge in [0.05, 0.1) is 12.1 Å². The Bertz CT molecular complexity index is 941. The molecule has 2 atom stereocenters. The van der Waals surface area contributed by atoms with E-state index < -0.39 is 12.0 Å². The molecular weight excluding hydrogens is 402 g/mol. The molecule has 0 unspecified atom stereocenters. The molecule has 1 aliphatic rings. The van der Waals surface area contributed by atoms with E-state index in [-0.39, 0.29) is 11.8 Å². The second-order valence-corrected chi connectivity index (χ2v) is 7.95. The summed E-state index contributed by atoms with van der Waals surface area (Å²) in [5, 5.41) is 26.1. The maximum atomic E-state index is 12.7. The van der Waals surface area contributed by atoms with Crippen LogP contribution in [0.1, 0.15) is 42.4 Å². The maximum Gasteiger partial charge on any atom is 0.273 e. The third-order valence-corrected chi connectivity index (χ3v) is 5.60. The lowest BCUT2D eigenvalue weighted by Gasteiger charge is -2.28. The third-order valence-electron chi connectivity index (χ3n) is 5.37. The molecule has 1 aromatic heterocycles. The highest BCUT2D eigenvalue weighted by Crippen LogP contribution is 2.24. The number of aliphatic hydroxyl groups is 1. The van der Waals surface area contributed by atoms with E-state index in [0.29, 0.717) is 24.4 Å². The van der Waals surface area contributed by atoms with Crippen LogP contribution in [-0.4, -0.2) is 39.1 Å². The topological polar surface area (TPSA) is 94.8 Å². The molecule has 1 heterocycles. The van der Waals surface area contributed by atoms with Crippen LogP contribution in [0.2, 0.25) is 5.15 Å². The molecule has 1 aromatic carbocycles. The van der Waals surface area contributed by atoms with Gasteiger partial charge in [0.25, 0.3) is 5.91 Å². The normalized spacial score (nSPS) is 20.1. The number of aliphatic hydroxyl groups excluding tert-OH is 1. The Balaban J connectivity index is 1.89. The SMILES string of the molecule is Cc1ccccc1/C(=C\C(=N\O)C(=O)N[C@H]1CCCC[C@@H]1O)Cc1ccc(Cl)nc1. The van der Waals surface area contributed by atoms with Crippen molar-refractivity contribution in [2.75, 3.05) is 0 Å². The fourth-order valence-electron chi connectivity index (χ4n) is 3.71. The minimum absolute atomic E-state index is 0.104. The van der Waals surface area contributed by atoms with Crippen LogP contribution in [0.5, 0.6) is 0 Å². The van der Waals surface area contributed by atoms with Crippen LogP contribution in [-0.2, 0) is 11.2 Å². The van der Waals surface area contributed by atoms with Crippen LogP contribution in [0.3, 0.4) is 0 Å². The predicted octanol–water partition coefficient (Wildman–Crippen LogP) is 3.92. The first-order chi connectivity index (χ1) is 14.5. The number of amides is 1. The van der Waals surface area contributed by atoms with Crippen LogP contribution >= 0.6 is 11.6 Å². The number of nitrogens with zero attached hydrogens (tertiary/aromatic N) is 2. The molecule has 7 heteroatoms. The molecule has 3 rings (SSSR count). The molecule has 0 saturated heterocycles. The Morgan fingerprint density at radius 1 is 1.27 bits per heavy atom. The molecule has 0 radical (unpaired) electrons.